The van der Waals surface area contributed by atoms with Crippen LogP contribution in [0.3, 0.4) is 0 Å². The Labute approximate surface area is 146 Å². The van der Waals surface area contributed by atoms with Crippen LogP contribution in [0.25, 0.3) is 16.9 Å². The number of amides is 1. The minimum atomic E-state index is 0.0873. The molecule has 0 spiro atoms. The van der Waals surface area contributed by atoms with E-state index in [-0.39, 0.29) is 11.8 Å². The Morgan fingerprint density at radius 2 is 1.96 bits per heavy atom. The van der Waals surface area contributed by atoms with Crippen molar-refractivity contribution in [3.05, 3.63) is 48.2 Å². The maximum atomic E-state index is 12.5. The molecule has 5 heteroatoms. The molecule has 1 fully saturated rings. The molecule has 25 heavy (non-hydrogen) atoms. The fourth-order valence-corrected chi connectivity index (χ4v) is 3.11. The molecule has 0 saturated heterocycles. The van der Waals surface area contributed by atoms with E-state index in [0.29, 0.717) is 0 Å². The Hall–Kier alpha value is -2.82. The highest BCUT2D eigenvalue weighted by molar-refractivity contribution is 5.96. The average Bonchev–Trinajstić information content (AvgIpc) is 2.91. The molecule has 1 aromatic carbocycles. The standard InChI is InChI=1S/C20H21N3O2/c1-13-6-11-17-21-18(14-7-9-16(25-2)10-8-14)19(23(17)12-13)22-20(24)15-4-3-5-15/h6-12,15H,3-5H2,1-2H3,(H,22,24). The lowest BCUT2D eigenvalue weighted by atomic mass is 9.85. The molecule has 1 saturated carbocycles. The van der Waals surface area contributed by atoms with Crippen LogP contribution in [0, 0.1) is 12.8 Å². The summed E-state index contributed by atoms with van der Waals surface area (Å²) in [5.74, 6) is 1.74. The normalized spacial score (nSPS) is 14.3. The second-order valence-corrected chi connectivity index (χ2v) is 6.59. The van der Waals surface area contributed by atoms with Crippen LogP contribution < -0.4 is 10.1 Å². The molecule has 1 amide bonds. The number of methoxy groups -OCH3 is 1. The number of anilines is 1. The highest BCUT2D eigenvalue weighted by Crippen LogP contribution is 2.33. The number of rotatable bonds is 4. The second-order valence-electron chi connectivity index (χ2n) is 6.59. The molecule has 0 aliphatic heterocycles. The van der Waals surface area contributed by atoms with Gasteiger partial charge in [0.2, 0.25) is 5.91 Å². The average molecular weight is 335 g/mol. The van der Waals surface area contributed by atoms with Gasteiger partial charge >= 0.3 is 0 Å². The first-order chi connectivity index (χ1) is 12.2. The molecule has 1 aliphatic rings. The Balaban J connectivity index is 1.80. The van der Waals surface area contributed by atoms with Crippen molar-refractivity contribution in [2.24, 2.45) is 5.92 Å². The summed E-state index contributed by atoms with van der Waals surface area (Å²) in [7, 11) is 1.65. The third kappa shape index (κ3) is 2.86. The third-order valence-corrected chi connectivity index (χ3v) is 4.85. The van der Waals surface area contributed by atoms with E-state index in [1.165, 1.54) is 0 Å². The number of benzene rings is 1. The number of nitrogens with one attached hydrogen (secondary N) is 1. The van der Waals surface area contributed by atoms with E-state index in [2.05, 4.69) is 5.32 Å². The number of pyridine rings is 1. The molecular formula is C20H21N3O2. The van der Waals surface area contributed by atoms with Crippen LogP contribution in [-0.2, 0) is 4.79 Å². The number of carbonyl (C=O) groups excluding carboxylic acids is 1. The molecule has 5 nitrogen and oxygen atoms in total. The highest BCUT2D eigenvalue weighted by atomic mass is 16.5. The first-order valence-electron chi connectivity index (χ1n) is 8.60. The van der Waals surface area contributed by atoms with Crippen LogP contribution in [0.4, 0.5) is 5.82 Å². The zero-order valence-corrected chi connectivity index (χ0v) is 14.5. The van der Waals surface area contributed by atoms with Crippen LogP contribution in [0.2, 0.25) is 0 Å². The number of ether oxygens (including phenoxy) is 1. The van der Waals surface area contributed by atoms with E-state index in [1.54, 1.807) is 7.11 Å². The maximum Gasteiger partial charge on any atom is 0.228 e. The maximum absolute atomic E-state index is 12.5. The Morgan fingerprint density at radius 3 is 2.60 bits per heavy atom. The van der Waals surface area contributed by atoms with Crippen LogP contribution in [0.5, 0.6) is 5.75 Å². The zero-order chi connectivity index (χ0) is 17.4. The van der Waals surface area contributed by atoms with Crippen molar-refractivity contribution < 1.29 is 9.53 Å². The Kier molecular flexibility index (Phi) is 3.92. The molecule has 0 unspecified atom stereocenters. The second kappa shape index (κ2) is 6.24. The number of imidazole rings is 1. The molecule has 1 aliphatic carbocycles. The minimum absolute atomic E-state index is 0.0873. The van der Waals surface area contributed by atoms with Crippen molar-refractivity contribution in [3.63, 3.8) is 0 Å². The van der Waals surface area contributed by atoms with Gasteiger partial charge in [0.25, 0.3) is 0 Å². The Morgan fingerprint density at radius 1 is 1.20 bits per heavy atom. The SMILES string of the molecule is COc1ccc(-c2nc3ccc(C)cn3c2NC(=O)C2CCC2)cc1. The summed E-state index contributed by atoms with van der Waals surface area (Å²) in [5, 5.41) is 3.12. The summed E-state index contributed by atoms with van der Waals surface area (Å²) in [6.07, 6.45) is 5.08. The van der Waals surface area contributed by atoms with Crippen molar-refractivity contribution in [1.82, 2.24) is 9.38 Å². The summed E-state index contributed by atoms with van der Waals surface area (Å²) < 4.78 is 7.20. The first kappa shape index (κ1) is 15.7. The largest absolute Gasteiger partial charge is 0.497 e. The summed E-state index contributed by atoms with van der Waals surface area (Å²) in [6, 6.07) is 11.7. The molecule has 0 bridgehead atoms. The lowest BCUT2D eigenvalue weighted by Crippen LogP contribution is -2.28. The number of carbonyl (C=O) groups is 1. The molecule has 0 radical (unpaired) electrons. The smallest absolute Gasteiger partial charge is 0.228 e. The fraction of sp³-hybridized carbons (Fsp3) is 0.300. The number of aryl methyl sites for hydroxylation is 1. The fourth-order valence-electron chi connectivity index (χ4n) is 3.11. The van der Waals surface area contributed by atoms with E-state index in [4.69, 9.17) is 9.72 Å². The van der Waals surface area contributed by atoms with Crippen LogP contribution >= 0.6 is 0 Å². The molecule has 0 atom stereocenters. The van der Waals surface area contributed by atoms with Gasteiger partial charge in [-0.2, -0.15) is 0 Å². The van der Waals surface area contributed by atoms with E-state index in [1.807, 2.05) is 53.9 Å². The van der Waals surface area contributed by atoms with Gasteiger partial charge in [-0.1, -0.05) is 12.5 Å². The van der Waals surface area contributed by atoms with Crippen molar-refractivity contribution in [2.75, 3.05) is 12.4 Å². The van der Waals surface area contributed by atoms with Crippen molar-refractivity contribution in [2.45, 2.75) is 26.2 Å². The van der Waals surface area contributed by atoms with Gasteiger partial charge in [-0.25, -0.2) is 4.98 Å². The van der Waals surface area contributed by atoms with E-state index < -0.39 is 0 Å². The first-order valence-corrected chi connectivity index (χ1v) is 8.60. The predicted molar refractivity (Wildman–Crippen MR) is 97.9 cm³/mol. The van der Waals surface area contributed by atoms with E-state index in [0.717, 1.165) is 53.3 Å². The van der Waals surface area contributed by atoms with Gasteiger partial charge < -0.3 is 10.1 Å². The number of fused-ring (bicyclic) bond motifs is 1. The van der Waals surface area contributed by atoms with Gasteiger partial charge in [0.1, 0.15) is 22.9 Å². The van der Waals surface area contributed by atoms with Crippen molar-refractivity contribution in [1.29, 1.82) is 0 Å². The number of hydrogen-bond donors (Lipinski definition) is 1. The monoisotopic (exact) mass is 335 g/mol. The van der Waals surface area contributed by atoms with Gasteiger partial charge in [-0.05, 0) is 55.7 Å². The van der Waals surface area contributed by atoms with Gasteiger partial charge in [0, 0.05) is 17.7 Å². The van der Waals surface area contributed by atoms with E-state index >= 15 is 0 Å². The summed E-state index contributed by atoms with van der Waals surface area (Å²) >= 11 is 0. The highest BCUT2D eigenvalue weighted by Gasteiger charge is 2.27. The van der Waals surface area contributed by atoms with Crippen LogP contribution in [0.1, 0.15) is 24.8 Å². The lowest BCUT2D eigenvalue weighted by molar-refractivity contribution is -0.122. The zero-order valence-electron chi connectivity index (χ0n) is 14.5. The number of hydrogen-bond acceptors (Lipinski definition) is 3. The quantitative estimate of drug-likeness (QED) is 0.782. The summed E-state index contributed by atoms with van der Waals surface area (Å²) in [6.45, 7) is 2.03. The minimum Gasteiger partial charge on any atom is -0.497 e. The van der Waals surface area contributed by atoms with Gasteiger partial charge in [-0.15, -0.1) is 0 Å². The molecule has 3 aromatic rings. The molecule has 128 valence electrons. The van der Waals surface area contributed by atoms with E-state index in [9.17, 15) is 4.79 Å². The molecular weight excluding hydrogens is 314 g/mol. The third-order valence-electron chi connectivity index (χ3n) is 4.85. The van der Waals surface area contributed by atoms with Crippen molar-refractivity contribution in [3.8, 4) is 17.0 Å². The van der Waals surface area contributed by atoms with Gasteiger partial charge in [0.15, 0.2) is 0 Å². The molecule has 2 aromatic heterocycles. The molecule has 1 N–H and O–H groups in total. The van der Waals surface area contributed by atoms with Gasteiger partial charge in [-0.3, -0.25) is 9.20 Å². The van der Waals surface area contributed by atoms with Crippen LogP contribution in [0.15, 0.2) is 42.6 Å². The molecule has 2 heterocycles. The van der Waals surface area contributed by atoms with Crippen LogP contribution in [-0.4, -0.2) is 22.4 Å². The van der Waals surface area contributed by atoms with Gasteiger partial charge in [0.05, 0.1) is 7.11 Å². The molecule has 4 rings (SSSR count). The summed E-state index contributed by atoms with van der Waals surface area (Å²) in [5.41, 5.74) is 3.66. The Bertz CT molecular complexity index is 924. The summed E-state index contributed by atoms with van der Waals surface area (Å²) in [4.78, 5) is 17.3. The topological polar surface area (TPSA) is 55.6 Å². The van der Waals surface area contributed by atoms with Crippen molar-refractivity contribution >= 4 is 17.4 Å². The number of aromatic nitrogens is 2. The lowest BCUT2D eigenvalue weighted by Gasteiger charge is -2.24. The predicted octanol–water partition coefficient (Wildman–Crippen LogP) is 4.06. The number of nitrogens with zero attached hydrogens (tertiary/aromatic N) is 2.